The molecular formula is C21H23N5O4. The van der Waals surface area contributed by atoms with Gasteiger partial charge in [-0.05, 0) is 31.9 Å². The van der Waals surface area contributed by atoms with Gasteiger partial charge in [0.2, 0.25) is 0 Å². The minimum atomic E-state index is -0.422. The minimum Gasteiger partial charge on any atom is -0.451 e. The number of aromatic amines is 1. The highest BCUT2D eigenvalue weighted by atomic mass is 16.3. The first kappa shape index (κ1) is 19.7. The molecule has 1 amide bonds. The number of hydrogen-bond acceptors (Lipinski definition) is 5. The van der Waals surface area contributed by atoms with Gasteiger partial charge in [0.25, 0.3) is 11.5 Å². The molecule has 0 saturated heterocycles. The number of benzene rings is 1. The molecule has 0 unspecified atom stereocenters. The Kier molecular flexibility index (Phi) is 4.81. The molecule has 3 heterocycles. The van der Waals surface area contributed by atoms with Crippen LogP contribution in [0.25, 0.3) is 22.1 Å². The van der Waals surface area contributed by atoms with Crippen LogP contribution in [-0.4, -0.2) is 31.6 Å². The van der Waals surface area contributed by atoms with Crippen molar-refractivity contribution in [2.24, 2.45) is 14.1 Å². The molecule has 0 radical (unpaired) electrons. The van der Waals surface area contributed by atoms with E-state index < -0.39 is 11.2 Å². The molecule has 0 fully saturated rings. The van der Waals surface area contributed by atoms with Crippen molar-refractivity contribution in [2.75, 3.05) is 6.54 Å². The summed E-state index contributed by atoms with van der Waals surface area (Å²) in [5.74, 6) is 0.646. The van der Waals surface area contributed by atoms with Gasteiger partial charge in [-0.15, -0.1) is 0 Å². The zero-order valence-electron chi connectivity index (χ0n) is 17.3. The molecule has 156 valence electrons. The molecule has 0 saturated carbocycles. The Morgan fingerprint density at radius 2 is 1.97 bits per heavy atom. The van der Waals surface area contributed by atoms with E-state index in [1.165, 1.54) is 11.6 Å². The fraction of sp³-hybridized carbons (Fsp3) is 0.333. The number of fused-ring (bicyclic) bond motifs is 2. The predicted octanol–water partition coefficient (Wildman–Crippen LogP) is 1.69. The van der Waals surface area contributed by atoms with E-state index >= 15 is 0 Å². The highest BCUT2D eigenvalue weighted by molar-refractivity contribution is 5.99. The number of amides is 1. The molecule has 4 aromatic rings. The third-order valence-electron chi connectivity index (χ3n) is 5.32. The third-order valence-corrected chi connectivity index (χ3v) is 5.32. The summed E-state index contributed by atoms with van der Waals surface area (Å²) in [7, 11) is 3.01. The first-order valence-corrected chi connectivity index (χ1v) is 9.70. The van der Waals surface area contributed by atoms with E-state index in [-0.39, 0.29) is 5.91 Å². The SMILES string of the molecule is Cc1ccc2c(C)c(C(=O)NCCCc3nc4c([nH]3)c(=O)n(C)c(=O)n4C)oc2c1. The Hall–Kier alpha value is -3.62. The second-order valence-electron chi connectivity index (χ2n) is 7.50. The molecule has 0 aliphatic heterocycles. The molecule has 0 aliphatic rings. The molecule has 1 aromatic carbocycles. The number of rotatable bonds is 5. The van der Waals surface area contributed by atoms with E-state index in [1.54, 1.807) is 7.05 Å². The lowest BCUT2D eigenvalue weighted by Gasteiger charge is -2.03. The van der Waals surface area contributed by atoms with Crippen LogP contribution in [0.2, 0.25) is 0 Å². The molecule has 9 nitrogen and oxygen atoms in total. The summed E-state index contributed by atoms with van der Waals surface area (Å²) in [6, 6.07) is 5.86. The Bertz CT molecular complexity index is 1400. The van der Waals surface area contributed by atoms with E-state index in [2.05, 4.69) is 15.3 Å². The van der Waals surface area contributed by atoms with Crippen LogP contribution in [0.4, 0.5) is 0 Å². The number of imidazole rings is 1. The van der Waals surface area contributed by atoms with Crippen LogP contribution < -0.4 is 16.6 Å². The summed E-state index contributed by atoms with van der Waals surface area (Å²) in [6.07, 6.45) is 1.13. The number of carbonyl (C=O) groups excluding carboxylic acids is 1. The van der Waals surface area contributed by atoms with Crippen LogP contribution in [0.5, 0.6) is 0 Å². The van der Waals surface area contributed by atoms with Crippen molar-refractivity contribution in [3.8, 4) is 0 Å². The second-order valence-corrected chi connectivity index (χ2v) is 7.50. The number of aryl methyl sites for hydroxylation is 4. The zero-order chi connectivity index (χ0) is 21.6. The maximum Gasteiger partial charge on any atom is 0.332 e. The van der Waals surface area contributed by atoms with Crippen molar-refractivity contribution in [3.05, 3.63) is 61.7 Å². The summed E-state index contributed by atoms with van der Waals surface area (Å²) in [5, 5.41) is 3.80. The maximum absolute atomic E-state index is 12.5. The van der Waals surface area contributed by atoms with Gasteiger partial charge in [0.15, 0.2) is 11.4 Å². The average molecular weight is 409 g/mol. The van der Waals surface area contributed by atoms with Gasteiger partial charge in [0.05, 0.1) is 0 Å². The van der Waals surface area contributed by atoms with Gasteiger partial charge in [0, 0.05) is 38.0 Å². The standard InChI is InChI=1S/C21H23N5O4/c1-11-7-8-13-12(2)17(30-14(13)10-11)19(27)22-9-5-6-15-23-16-18(24-15)25(3)21(29)26(4)20(16)28/h7-8,10H,5-6,9H2,1-4H3,(H,22,27)(H,23,24). The number of H-pyrrole nitrogens is 1. The number of nitrogens with zero attached hydrogens (tertiary/aromatic N) is 3. The first-order valence-electron chi connectivity index (χ1n) is 9.70. The van der Waals surface area contributed by atoms with Crippen molar-refractivity contribution in [3.63, 3.8) is 0 Å². The molecule has 0 atom stereocenters. The lowest BCUT2D eigenvalue weighted by Crippen LogP contribution is -2.36. The molecule has 30 heavy (non-hydrogen) atoms. The van der Waals surface area contributed by atoms with Crippen LogP contribution in [0.15, 0.2) is 32.2 Å². The second kappa shape index (κ2) is 7.33. The highest BCUT2D eigenvalue weighted by Gasteiger charge is 2.17. The van der Waals surface area contributed by atoms with Crippen LogP contribution in [0.1, 0.15) is 33.9 Å². The van der Waals surface area contributed by atoms with Gasteiger partial charge in [0.1, 0.15) is 16.9 Å². The minimum absolute atomic E-state index is 0.262. The van der Waals surface area contributed by atoms with E-state index in [0.29, 0.717) is 47.7 Å². The van der Waals surface area contributed by atoms with Crippen molar-refractivity contribution in [1.29, 1.82) is 0 Å². The lowest BCUT2D eigenvalue weighted by molar-refractivity contribution is 0.0926. The number of carbonyl (C=O) groups is 1. The summed E-state index contributed by atoms with van der Waals surface area (Å²) in [6.45, 7) is 4.26. The van der Waals surface area contributed by atoms with Crippen LogP contribution >= 0.6 is 0 Å². The summed E-state index contributed by atoms with van der Waals surface area (Å²) in [4.78, 5) is 44.1. The lowest BCUT2D eigenvalue weighted by atomic mass is 10.1. The molecular weight excluding hydrogens is 386 g/mol. The Morgan fingerprint density at radius 3 is 2.73 bits per heavy atom. The van der Waals surface area contributed by atoms with Crippen molar-refractivity contribution >= 4 is 28.0 Å². The van der Waals surface area contributed by atoms with Gasteiger partial charge in [-0.1, -0.05) is 12.1 Å². The molecule has 9 heteroatoms. The Balaban J connectivity index is 1.43. The molecule has 0 bridgehead atoms. The van der Waals surface area contributed by atoms with Crippen molar-refractivity contribution < 1.29 is 9.21 Å². The molecule has 0 spiro atoms. The highest BCUT2D eigenvalue weighted by Crippen LogP contribution is 2.26. The van der Waals surface area contributed by atoms with Crippen LogP contribution in [-0.2, 0) is 20.5 Å². The van der Waals surface area contributed by atoms with Crippen molar-refractivity contribution in [2.45, 2.75) is 26.7 Å². The van der Waals surface area contributed by atoms with Gasteiger partial charge in [-0.2, -0.15) is 0 Å². The zero-order valence-corrected chi connectivity index (χ0v) is 17.3. The molecule has 0 aliphatic carbocycles. The average Bonchev–Trinajstić information content (AvgIpc) is 3.29. The van der Waals surface area contributed by atoms with Gasteiger partial charge in [-0.25, -0.2) is 9.78 Å². The topological polar surface area (TPSA) is 115 Å². The van der Waals surface area contributed by atoms with E-state index in [1.807, 2.05) is 32.0 Å². The van der Waals surface area contributed by atoms with E-state index in [4.69, 9.17) is 4.42 Å². The Labute approximate surface area is 171 Å². The number of nitrogens with one attached hydrogen (secondary N) is 2. The molecule has 3 aromatic heterocycles. The quantitative estimate of drug-likeness (QED) is 0.487. The smallest absolute Gasteiger partial charge is 0.332 e. The predicted molar refractivity (Wildman–Crippen MR) is 113 cm³/mol. The summed E-state index contributed by atoms with van der Waals surface area (Å²) < 4.78 is 8.13. The van der Waals surface area contributed by atoms with Gasteiger partial charge >= 0.3 is 5.69 Å². The number of furan rings is 1. The van der Waals surface area contributed by atoms with Crippen molar-refractivity contribution in [1.82, 2.24) is 24.4 Å². The first-order chi connectivity index (χ1) is 14.3. The summed E-state index contributed by atoms with van der Waals surface area (Å²) in [5.41, 5.74) is 2.39. The maximum atomic E-state index is 12.5. The molecule has 4 rings (SSSR count). The van der Waals surface area contributed by atoms with Gasteiger partial charge < -0.3 is 14.7 Å². The van der Waals surface area contributed by atoms with Crippen LogP contribution in [0.3, 0.4) is 0 Å². The summed E-state index contributed by atoms with van der Waals surface area (Å²) >= 11 is 0. The molecule has 2 N–H and O–H groups in total. The number of aromatic nitrogens is 4. The van der Waals surface area contributed by atoms with Crippen LogP contribution in [0, 0.1) is 13.8 Å². The largest absolute Gasteiger partial charge is 0.451 e. The third kappa shape index (κ3) is 3.22. The normalized spacial score (nSPS) is 11.5. The van der Waals surface area contributed by atoms with E-state index in [9.17, 15) is 14.4 Å². The Morgan fingerprint density at radius 1 is 1.20 bits per heavy atom. The fourth-order valence-electron chi connectivity index (χ4n) is 3.58. The van der Waals surface area contributed by atoms with E-state index in [0.717, 1.165) is 21.1 Å². The fourth-order valence-corrected chi connectivity index (χ4v) is 3.58. The monoisotopic (exact) mass is 409 g/mol. The van der Waals surface area contributed by atoms with Gasteiger partial charge in [-0.3, -0.25) is 18.7 Å². The number of hydrogen-bond donors (Lipinski definition) is 2.